The molecule has 28 heavy (non-hydrogen) atoms. The molecule has 0 unspecified atom stereocenters. The molecule has 4 rings (SSSR count). The van der Waals surface area contributed by atoms with E-state index in [4.69, 9.17) is 9.47 Å². The van der Waals surface area contributed by atoms with E-state index in [1.54, 1.807) is 18.2 Å². The largest absolute Gasteiger partial charge is 0.486 e. The monoisotopic (exact) mass is 405 g/mol. The van der Waals surface area contributed by atoms with E-state index in [2.05, 4.69) is 15.5 Å². The van der Waals surface area contributed by atoms with Crippen molar-refractivity contribution in [2.75, 3.05) is 49.7 Å². The summed E-state index contributed by atoms with van der Waals surface area (Å²) < 4.78 is 11.0. The van der Waals surface area contributed by atoms with Gasteiger partial charge in [-0.3, -0.25) is 14.5 Å². The van der Waals surface area contributed by atoms with E-state index < -0.39 is 11.8 Å². The van der Waals surface area contributed by atoms with E-state index in [0.717, 1.165) is 32.0 Å². The summed E-state index contributed by atoms with van der Waals surface area (Å²) in [6.45, 7) is 3.73. The van der Waals surface area contributed by atoms with Crippen LogP contribution in [0.25, 0.3) is 0 Å². The van der Waals surface area contributed by atoms with Crippen molar-refractivity contribution in [2.45, 2.75) is 25.3 Å². The zero-order valence-corrected chi connectivity index (χ0v) is 16.8. The van der Waals surface area contributed by atoms with Crippen LogP contribution >= 0.6 is 11.8 Å². The lowest BCUT2D eigenvalue weighted by Gasteiger charge is -2.35. The predicted molar refractivity (Wildman–Crippen MR) is 109 cm³/mol. The number of piperidine rings is 1. The molecule has 7 nitrogen and oxygen atoms in total. The molecule has 3 aliphatic heterocycles. The van der Waals surface area contributed by atoms with Crippen molar-refractivity contribution in [3.8, 4) is 11.5 Å². The SMILES string of the molecule is O=C(NCC1CCN([C@H]2CCSC2)CC1)C(=O)Nc1ccc2c(c1)OCCO2. The number of benzene rings is 1. The molecule has 0 bridgehead atoms. The number of likely N-dealkylation sites (tertiary alicyclic amines) is 1. The third kappa shape index (κ3) is 4.72. The van der Waals surface area contributed by atoms with E-state index in [-0.39, 0.29) is 0 Å². The summed E-state index contributed by atoms with van der Waals surface area (Å²) in [5.74, 6) is 2.95. The highest BCUT2D eigenvalue weighted by Gasteiger charge is 2.28. The van der Waals surface area contributed by atoms with Gasteiger partial charge < -0.3 is 20.1 Å². The Bertz CT molecular complexity index is 715. The number of hydrogen-bond acceptors (Lipinski definition) is 6. The zero-order valence-electron chi connectivity index (χ0n) is 15.9. The van der Waals surface area contributed by atoms with Gasteiger partial charge >= 0.3 is 11.8 Å². The number of ether oxygens (including phenoxy) is 2. The van der Waals surface area contributed by atoms with E-state index >= 15 is 0 Å². The van der Waals surface area contributed by atoms with Crippen molar-refractivity contribution in [1.29, 1.82) is 0 Å². The van der Waals surface area contributed by atoms with Gasteiger partial charge in [0.25, 0.3) is 0 Å². The Hall–Kier alpha value is -1.93. The van der Waals surface area contributed by atoms with Gasteiger partial charge in [-0.25, -0.2) is 0 Å². The Kier molecular flexibility index (Phi) is 6.26. The van der Waals surface area contributed by atoms with Gasteiger partial charge in [0, 0.05) is 30.1 Å². The molecule has 8 heteroatoms. The van der Waals surface area contributed by atoms with Gasteiger partial charge in [0.05, 0.1) is 0 Å². The molecule has 2 amide bonds. The zero-order chi connectivity index (χ0) is 19.3. The topological polar surface area (TPSA) is 79.9 Å². The van der Waals surface area contributed by atoms with Crippen LogP contribution < -0.4 is 20.1 Å². The summed E-state index contributed by atoms with van der Waals surface area (Å²) in [5, 5.41) is 5.42. The average molecular weight is 406 g/mol. The molecule has 2 N–H and O–H groups in total. The van der Waals surface area contributed by atoms with Crippen LogP contribution in [0, 0.1) is 5.92 Å². The number of rotatable bonds is 4. The Balaban J connectivity index is 1.20. The predicted octanol–water partition coefficient (Wildman–Crippen LogP) is 1.73. The van der Waals surface area contributed by atoms with Gasteiger partial charge in [0.2, 0.25) is 0 Å². The smallest absolute Gasteiger partial charge is 0.313 e. The molecule has 0 radical (unpaired) electrons. The number of thioether (sulfide) groups is 1. The highest BCUT2D eigenvalue weighted by molar-refractivity contribution is 7.99. The van der Waals surface area contributed by atoms with Gasteiger partial charge in [-0.05, 0) is 56.2 Å². The Morgan fingerprint density at radius 3 is 2.61 bits per heavy atom. The summed E-state index contributed by atoms with van der Waals surface area (Å²) in [7, 11) is 0. The van der Waals surface area contributed by atoms with Crippen LogP contribution in [0.4, 0.5) is 5.69 Å². The van der Waals surface area contributed by atoms with Crippen LogP contribution in [0.1, 0.15) is 19.3 Å². The summed E-state index contributed by atoms with van der Waals surface area (Å²) in [5.41, 5.74) is 0.521. The molecule has 3 aliphatic rings. The van der Waals surface area contributed by atoms with Crippen LogP contribution in [-0.4, -0.2) is 67.1 Å². The van der Waals surface area contributed by atoms with Gasteiger partial charge in [-0.2, -0.15) is 11.8 Å². The quantitative estimate of drug-likeness (QED) is 0.743. The van der Waals surface area contributed by atoms with Crippen LogP contribution in [0.15, 0.2) is 18.2 Å². The Labute approximate surface area is 169 Å². The average Bonchev–Trinajstić information content (AvgIpc) is 3.27. The molecular formula is C20H27N3O4S. The lowest BCUT2D eigenvalue weighted by Crippen LogP contribution is -2.45. The second-order valence-corrected chi connectivity index (χ2v) is 8.67. The number of nitrogens with zero attached hydrogens (tertiary/aromatic N) is 1. The van der Waals surface area contributed by atoms with E-state index in [0.29, 0.717) is 42.9 Å². The first-order chi connectivity index (χ1) is 13.7. The molecule has 0 spiro atoms. The number of hydrogen-bond donors (Lipinski definition) is 2. The van der Waals surface area contributed by atoms with Crippen LogP contribution in [0.5, 0.6) is 11.5 Å². The molecule has 1 atom stereocenters. The molecule has 2 fully saturated rings. The minimum Gasteiger partial charge on any atom is -0.486 e. The van der Waals surface area contributed by atoms with Crippen molar-refractivity contribution >= 4 is 29.3 Å². The van der Waals surface area contributed by atoms with Crippen LogP contribution in [0.3, 0.4) is 0 Å². The normalized spacial score (nSPS) is 22.6. The number of nitrogens with one attached hydrogen (secondary N) is 2. The van der Waals surface area contributed by atoms with Gasteiger partial charge in [0.1, 0.15) is 13.2 Å². The molecule has 1 aromatic carbocycles. The maximum Gasteiger partial charge on any atom is 0.313 e. The molecule has 152 valence electrons. The second-order valence-electron chi connectivity index (χ2n) is 7.52. The first kappa shape index (κ1) is 19.4. The fourth-order valence-corrected chi connectivity index (χ4v) is 5.21. The van der Waals surface area contributed by atoms with Crippen molar-refractivity contribution in [3.63, 3.8) is 0 Å². The summed E-state index contributed by atoms with van der Waals surface area (Å²) in [4.78, 5) is 26.9. The van der Waals surface area contributed by atoms with Crippen molar-refractivity contribution in [1.82, 2.24) is 10.2 Å². The number of anilines is 1. The number of fused-ring (bicyclic) bond motifs is 1. The minimum absolute atomic E-state index is 0.441. The fourth-order valence-electron chi connectivity index (χ4n) is 3.96. The second kappa shape index (κ2) is 9.05. The van der Waals surface area contributed by atoms with Crippen molar-refractivity contribution in [2.24, 2.45) is 5.92 Å². The molecule has 0 saturated carbocycles. The molecule has 2 saturated heterocycles. The lowest BCUT2D eigenvalue weighted by molar-refractivity contribution is -0.136. The molecular weight excluding hydrogens is 378 g/mol. The Morgan fingerprint density at radius 1 is 1.07 bits per heavy atom. The van der Waals surface area contributed by atoms with Gasteiger partial charge in [-0.1, -0.05) is 0 Å². The molecule has 0 aliphatic carbocycles. The third-order valence-electron chi connectivity index (χ3n) is 5.63. The van der Waals surface area contributed by atoms with E-state index in [1.165, 1.54) is 17.9 Å². The number of carbonyl (C=O) groups is 2. The number of carbonyl (C=O) groups excluding carboxylic acids is 2. The van der Waals surface area contributed by atoms with Crippen LogP contribution in [0.2, 0.25) is 0 Å². The van der Waals surface area contributed by atoms with E-state index in [9.17, 15) is 9.59 Å². The molecule has 1 aromatic rings. The minimum atomic E-state index is -0.655. The molecule has 0 aromatic heterocycles. The van der Waals surface area contributed by atoms with Gasteiger partial charge in [0.15, 0.2) is 11.5 Å². The maximum absolute atomic E-state index is 12.2. The Morgan fingerprint density at radius 2 is 1.86 bits per heavy atom. The fraction of sp³-hybridized carbons (Fsp3) is 0.600. The maximum atomic E-state index is 12.2. The van der Waals surface area contributed by atoms with E-state index in [1.807, 2.05) is 11.8 Å². The first-order valence-corrected chi connectivity index (χ1v) is 11.1. The number of amides is 2. The highest BCUT2D eigenvalue weighted by Crippen LogP contribution is 2.32. The molecule has 3 heterocycles. The first-order valence-electron chi connectivity index (χ1n) is 9.99. The highest BCUT2D eigenvalue weighted by atomic mass is 32.2. The summed E-state index contributed by atoms with van der Waals surface area (Å²) >= 11 is 2.04. The lowest BCUT2D eigenvalue weighted by atomic mass is 9.95. The summed E-state index contributed by atoms with van der Waals surface area (Å²) in [6, 6.07) is 5.85. The summed E-state index contributed by atoms with van der Waals surface area (Å²) in [6.07, 6.45) is 3.45. The van der Waals surface area contributed by atoms with Crippen molar-refractivity contribution in [3.05, 3.63) is 18.2 Å². The van der Waals surface area contributed by atoms with Gasteiger partial charge in [-0.15, -0.1) is 0 Å². The standard InChI is InChI=1S/C20H27N3O4S/c24-19(20(25)22-15-1-2-17-18(11-15)27-9-8-26-17)21-12-14-3-6-23(7-4-14)16-5-10-28-13-16/h1-2,11,14,16H,3-10,12-13H2,(H,21,24)(H,22,25)/t16-/m0/s1. The van der Waals surface area contributed by atoms with Crippen LogP contribution in [-0.2, 0) is 9.59 Å². The third-order valence-corrected chi connectivity index (χ3v) is 6.77. The van der Waals surface area contributed by atoms with Crippen molar-refractivity contribution < 1.29 is 19.1 Å².